The molecule has 0 aromatic carbocycles. The molecule has 0 fully saturated rings. The Morgan fingerprint density at radius 2 is 1.71 bits per heavy atom. The molecule has 2 aliphatic rings. The summed E-state index contributed by atoms with van der Waals surface area (Å²) in [5.41, 5.74) is 0. The second-order valence-electron chi connectivity index (χ2n) is 3.67. The van der Waals surface area contributed by atoms with E-state index in [2.05, 4.69) is 47.7 Å². The summed E-state index contributed by atoms with van der Waals surface area (Å²) in [4.78, 5) is 0. The third-order valence-electron chi connectivity index (χ3n) is 2.64. The molecule has 0 aromatic rings. The predicted molar refractivity (Wildman–Crippen MR) is 60.0 cm³/mol. The molecule has 2 rings (SSSR count). The molecular formula is C13H16Ti. The topological polar surface area (TPSA) is 0 Å². The van der Waals surface area contributed by atoms with Crippen LogP contribution in [0.25, 0.3) is 0 Å². The minimum atomic E-state index is -1.16. The van der Waals surface area contributed by atoms with Gasteiger partial charge in [-0.1, -0.05) is 0 Å². The monoisotopic (exact) mass is 220 g/mol. The summed E-state index contributed by atoms with van der Waals surface area (Å²) in [5.74, 6) is 0. The van der Waals surface area contributed by atoms with Gasteiger partial charge in [-0.2, -0.15) is 0 Å². The van der Waals surface area contributed by atoms with Crippen molar-refractivity contribution in [2.45, 2.75) is 26.2 Å². The predicted octanol–water partition coefficient (Wildman–Crippen LogP) is 3.50. The average molecular weight is 220 g/mol. The number of hydrogen-bond donors (Lipinski definition) is 0. The van der Waals surface area contributed by atoms with Gasteiger partial charge in [-0.25, -0.2) is 0 Å². The number of hydrogen-bond acceptors (Lipinski definition) is 0. The molecule has 0 aromatic heterocycles. The Labute approximate surface area is 92.1 Å². The summed E-state index contributed by atoms with van der Waals surface area (Å²) < 4.78 is 6.04. The van der Waals surface area contributed by atoms with E-state index in [1.807, 2.05) is 0 Å². The Hall–Kier alpha value is -0.456. The van der Waals surface area contributed by atoms with Gasteiger partial charge in [0, 0.05) is 0 Å². The molecule has 0 heterocycles. The van der Waals surface area contributed by atoms with E-state index in [-0.39, 0.29) is 0 Å². The molecule has 0 saturated heterocycles. The summed E-state index contributed by atoms with van der Waals surface area (Å²) in [6.07, 6.45) is 17.4. The Bertz CT molecular complexity index is 333. The van der Waals surface area contributed by atoms with Crippen LogP contribution >= 0.6 is 0 Å². The van der Waals surface area contributed by atoms with Crippen LogP contribution in [0.15, 0.2) is 44.2 Å². The zero-order valence-corrected chi connectivity index (χ0v) is 10.2. The van der Waals surface area contributed by atoms with Crippen molar-refractivity contribution in [3.63, 3.8) is 0 Å². The molecule has 2 aliphatic carbocycles. The van der Waals surface area contributed by atoms with Crippen molar-refractivity contribution in [3.8, 4) is 0 Å². The van der Waals surface area contributed by atoms with Crippen molar-refractivity contribution in [3.05, 3.63) is 44.2 Å². The van der Waals surface area contributed by atoms with Gasteiger partial charge in [-0.3, -0.25) is 0 Å². The normalized spacial score (nSPS) is 18.4. The van der Waals surface area contributed by atoms with Crippen LogP contribution in [0.4, 0.5) is 0 Å². The van der Waals surface area contributed by atoms with Crippen molar-refractivity contribution >= 4 is 4.31 Å². The van der Waals surface area contributed by atoms with Crippen LogP contribution in [0.3, 0.4) is 0 Å². The summed E-state index contributed by atoms with van der Waals surface area (Å²) in [6.45, 7) is 2.26. The van der Waals surface area contributed by atoms with Crippen LogP contribution in [0, 0.1) is 0 Å². The van der Waals surface area contributed by atoms with Gasteiger partial charge >= 0.3 is 92.1 Å². The van der Waals surface area contributed by atoms with E-state index in [0.29, 0.717) is 0 Å². The van der Waals surface area contributed by atoms with E-state index < -0.39 is 17.4 Å². The molecule has 72 valence electrons. The van der Waals surface area contributed by atoms with E-state index in [0.717, 1.165) is 0 Å². The van der Waals surface area contributed by atoms with Crippen molar-refractivity contribution < 1.29 is 17.4 Å². The Morgan fingerprint density at radius 3 is 2.07 bits per heavy atom. The van der Waals surface area contributed by atoms with Gasteiger partial charge in [-0.15, -0.1) is 0 Å². The van der Waals surface area contributed by atoms with Crippen molar-refractivity contribution in [2.75, 3.05) is 0 Å². The SMILES string of the molecule is CC[CH]=[Ti]([C]1=CC=CC1)[C]1=CC=CC1. The third-order valence-corrected chi connectivity index (χ3v) is 7.24. The molecule has 0 amide bonds. The van der Waals surface area contributed by atoms with Gasteiger partial charge in [-0.05, 0) is 0 Å². The van der Waals surface area contributed by atoms with Crippen LogP contribution in [-0.4, -0.2) is 4.31 Å². The fourth-order valence-corrected chi connectivity index (χ4v) is 5.98. The maximum absolute atomic E-state index is 2.59. The summed E-state index contributed by atoms with van der Waals surface area (Å²) in [5, 5.41) is 0. The molecule has 0 spiro atoms. The van der Waals surface area contributed by atoms with Crippen LogP contribution in [0.5, 0.6) is 0 Å². The van der Waals surface area contributed by atoms with Gasteiger partial charge < -0.3 is 0 Å². The third kappa shape index (κ3) is 2.13. The van der Waals surface area contributed by atoms with Crippen LogP contribution in [0.2, 0.25) is 0 Å². The first-order valence-corrected chi connectivity index (χ1v) is 7.80. The zero-order chi connectivity index (χ0) is 9.80. The molecular weight excluding hydrogens is 204 g/mol. The Morgan fingerprint density at radius 1 is 1.14 bits per heavy atom. The van der Waals surface area contributed by atoms with E-state index in [1.165, 1.54) is 19.3 Å². The molecule has 0 aliphatic heterocycles. The second kappa shape index (κ2) is 4.86. The van der Waals surface area contributed by atoms with Gasteiger partial charge in [0.1, 0.15) is 0 Å². The van der Waals surface area contributed by atoms with E-state index in [4.69, 9.17) is 0 Å². The van der Waals surface area contributed by atoms with E-state index in [1.54, 1.807) is 7.76 Å². The summed E-state index contributed by atoms with van der Waals surface area (Å²) >= 11 is -1.16. The standard InChI is InChI=1S/2C5H5.C3H6.Ti/c2*1-2-4-5-3-1;1-3-2;/h2*1-3H,4H2;1H,3H2,2H3;. The van der Waals surface area contributed by atoms with Crippen LogP contribution in [0.1, 0.15) is 26.2 Å². The Balaban J connectivity index is 2.21. The van der Waals surface area contributed by atoms with Crippen molar-refractivity contribution in [2.24, 2.45) is 0 Å². The van der Waals surface area contributed by atoms with Gasteiger partial charge in [0.25, 0.3) is 0 Å². The first kappa shape index (κ1) is 10.1. The Kier molecular flexibility index (Phi) is 3.50. The maximum atomic E-state index is 2.59. The fourth-order valence-electron chi connectivity index (χ4n) is 1.97. The summed E-state index contributed by atoms with van der Waals surface area (Å²) in [7, 11) is 0. The molecule has 0 bridgehead atoms. The molecule has 0 radical (unpaired) electrons. The molecule has 0 nitrogen and oxygen atoms in total. The van der Waals surface area contributed by atoms with Crippen molar-refractivity contribution in [1.29, 1.82) is 0 Å². The van der Waals surface area contributed by atoms with Gasteiger partial charge in [0.05, 0.1) is 0 Å². The fraction of sp³-hybridized carbons (Fsp3) is 0.308. The second-order valence-corrected chi connectivity index (χ2v) is 7.61. The van der Waals surface area contributed by atoms with Crippen LogP contribution < -0.4 is 0 Å². The number of rotatable bonds is 3. The molecule has 0 unspecified atom stereocenters. The van der Waals surface area contributed by atoms with E-state index >= 15 is 0 Å². The molecule has 1 heteroatoms. The van der Waals surface area contributed by atoms with Crippen LogP contribution in [-0.2, 0) is 17.4 Å². The quantitative estimate of drug-likeness (QED) is 0.638. The van der Waals surface area contributed by atoms with E-state index in [9.17, 15) is 0 Å². The minimum absolute atomic E-state index is 1.16. The van der Waals surface area contributed by atoms with Gasteiger partial charge in [0.2, 0.25) is 0 Å². The van der Waals surface area contributed by atoms with Gasteiger partial charge in [0.15, 0.2) is 0 Å². The number of allylic oxidation sites excluding steroid dienone is 8. The molecule has 0 N–H and O–H groups in total. The average Bonchev–Trinajstić information content (AvgIpc) is 2.87. The van der Waals surface area contributed by atoms with Crippen molar-refractivity contribution in [1.82, 2.24) is 0 Å². The zero-order valence-electron chi connectivity index (χ0n) is 8.66. The molecule has 0 atom stereocenters. The first-order chi connectivity index (χ1) is 6.92. The summed E-state index contributed by atoms with van der Waals surface area (Å²) in [6, 6.07) is 0. The first-order valence-electron chi connectivity index (χ1n) is 5.34. The molecule has 14 heavy (non-hydrogen) atoms. The molecule has 0 saturated carbocycles.